The zero-order chi connectivity index (χ0) is 21.6. The lowest BCUT2D eigenvalue weighted by molar-refractivity contribution is -0.134. The summed E-state index contributed by atoms with van der Waals surface area (Å²) < 4.78 is 11.4. The molecule has 1 heterocycles. The monoisotopic (exact) mass is 419 g/mol. The molecule has 0 aromatic heterocycles. The Morgan fingerprint density at radius 3 is 2.58 bits per heavy atom. The second-order valence-corrected chi connectivity index (χ2v) is 8.05. The lowest BCUT2D eigenvalue weighted by Crippen LogP contribution is -2.31. The van der Waals surface area contributed by atoms with E-state index in [1.807, 2.05) is 43.3 Å². The van der Waals surface area contributed by atoms with Crippen LogP contribution in [-0.4, -0.2) is 37.1 Å². The largest absolute Gasteiger partial charge is 0.493 e. The molecule has 0 unspecified atom stereocenters. The van der Waals surface area contributed by atoms with E-state index in [0.717, 1.165) is 31.4 Å². The van der Waals surface area contributed by atoms with E-state index in [1.54, 1.807) is 12.1 Å². The Balaban J connectivity index is 1.57. The quantitative estimate of drug-likeness (QED) is 0.402. The second kappa shape index (κ2) is 9.92. The maximum atomic E-state index is 13.2. The van der Waals surface area contributed by atoms with Crippen molar-refractivity contribution >= 4 is 27.5 Å². The van der Waals surface area contributed by atoms with E-state index in [-0.39, 0.29) is 11.4 Å². The predicted octanol–water partition coefficient (Wildman–Crippen LogP) is 4.92. The minimum Gasteiger partial charge on any atom is -0.493 e. The summed E-state index contributed by atoms with van der Waals surface area (Å²) in [7, 11) is 0. The van der Waals surface area contributed by atoms with Crippen LogP contribution < -0.4 is 14.9 Å². The van der Waals surface area contributed by atoms with Crippen molar-refractivity contribution < 1.29 is 14.3 Å². The zero-order valence-corrected chi connectivity index (χ0v) is 18.1. The number of carbonyl (C=O) groups excluding carboxylic acids is 1. The molecule has 1 aliphatic rings. The van der Waals surface area contributed by atoms with Crippen molar-refractivity contribution in [3.63, 3.8) is 0 Å². The molecular formula is C26H29NO4. The second-order valence-electron chi connectivity index (χ2n) is 8.05. The molecule has 0 aliphatic carbocycles. The molecule has 3 aromatic carbocycles. The van der Waals surface area contributed by atoms with E-state index in [1.165, 1.54) is 19.3 Å². The van der Waals surface area contributed by atoms with E-state index in [4.69, 9.17) is 9.47 Å². The molecule has 0 radical (unpaired) electrons. The fraction of sp³-hybridized carbons (Fsp3) is 0.385. The summed E-state index contributed by atoms with van der Waals surface area (Å²) in [4.78, 5) is 28.1. The van der Waals surface area contributed by atoms with Crippen molar-refractivity contribution in [3.8, 4) is 11.5 Å². The first-order valence-corrected chi connectivity index (χ1v) is 11.2. The first-order chi connectivity index (χ1) is 15.2. The van der Waals surface area contributed by atoms with Crippen molar-refractivity contribution in [2.24, 2.45) is 0 Å². The van der Waals surface area contributed by atoms with Gasteiger partial charge in [0.15, 0.2) is 5.43 Å². The number of hydrogen-bond acceptors (Lipinski definition) is 5. The topological polar surface area (TPSA) is 55.8 Å². The lowest BCUT2D eigenvalue weighted by Gasteiger charge is -2.26. The van der Waals surface area contributed by atoms with Gasteiger partial charge in [0, 0.05) is 17.9 Å². The molecule has 1 aliphatic heterocycles. The molecule has 0 bridgehead atoms. The van der Waals surface area contributed by atoms with Crippen molar-refractivity contribution in [1.29, 1.82) is 0 Å². The Hall–Kier alpha value is -2.92. The van der Waals surface area contributed by atoms with Gasteiger partial charge in [0.25, 0.3) is 0 Å². The number of esters is 1. The van der Waals surface area contributed by atoms with E-state index >= 15 is 0 Å². The van der Waals surface area contributed by atoms with Gasteiger partial charge in [0.2, 0.25) is 0 Å². The van der Waals surface area contributed by atoms with Crippen LogP contribution >= 0.6 is 0 Å². The van der Waals surface area contributed by atoms with E-state index in [0.29, 0.717) is 40.7 Å². The van der Waals surface area contributed by atoms with Crippen LogP contribution in [0.2, 0.25) is 0 Å². The summed E-state index contributed by atoms with van der Waals surface area (Å²) >= 11 is 0. The highest BCUT2D eigenvalue weighted by Gasteiger charge is 2.14. The molecular weight excluding hydrogens is 390 g/mol. The first kappa shape index (κ1) is 21.3. The van der Waals surface area contributed by atoms with Crippen molar-refractivity contribution in [3.05, 3.63) is 58.8 Å². The Labute approximate surface area is 182 Å². The van der Waals surface area contributed by atoms with Crippen LogP contribution in [0.15, 0.2) is 53.3 Å². The van der Waals surface area contributed by atoms with Crippen LogP contribution in [0.25, 0.3) is 21.5 Å². The molecule has 0 spiro atoms. The molecule has 5 heteroatoms. The maximum Gasteiger partial charge on any atom is 0.311 e. The summed E-state index contributed by atoms with van der Waals surface area (Å²) in [5.41, 5.74) is -0.0848. The highest BCUT2D eigenvalue weighted by Crippen LogP contribution is 2.30. The molecule has 5 nitrogen and oxygen atoms in total. The van der Waals surface area contributed by atoms with Crippen LogP contribution in [0.1, 0.15) is 39.0 Å². The fourth-order valence-electron chi connectivity index (χ4n) is 4.29. The number of piperidine rings is 1. The van der Waals surface area contributed by atoms with Gasteiger partial charge >= 0.3 is 5.97 Å². The van der Waals surface area contributed by atoms with Crippen LogP contribution in [0.3, 0.4) is 0 Å². The van der Waals surface area contributed by atoms with Gasteiger partial charge in [-0.15, -0.1) is 0 Å². The number of hydrogen-bond donors (Lipinski definition) is 0. The molecule has 31 heavy (non-hydrogen) atoms. The number of benzene rings is 2. The van der Waals surface area contributed by atoms with Crippen molar-refractivity contribution in [2.45, 2.75) is 39.0 Å². The Morgan fingerprint density at radius 1 is 1.00 bits per heavy atom. The normalized spacial score (nSPS) is 14.6. The van der Waals surface area contributed by atoms with Gasteiger partial charge in [-0.05, 0) is 62.7 Å². The van der Waals surface area contributed by atoms with Crippen molar-refractivity contribution in [2.75, 3.05) is 26.2 Å². The summed E-state index contributed by atoms with van der Waals surface area (Å²) in [6.45, 7) is 5.47. The first-order valence-electron chi connectivity index (χ1n) is 11.2. The van der Waals surface area contributed by atoms with E-state index in [9.17, 15) is 9.59 Å². The minimum absolute atomic E-state index is 0.0848. The van der Waals surface area contributed by atoms with Gasteiger partial charge in [-0.2, -0.15) is 0 Å². The molecule has 0 saturated carbocycles. The molecule has 3 aromatic rings. The average molecular weight is 420 g/mol. The smallest absolute Gasteiger partial charge is 0.311 e. The number of nitrogens with zero attached hydrogens (tertiary/aromatic N) is 1. The van der Waals surface area contributed by atoms with Gasteiger partial charge in [0.05, 0.1) is 12.0 Å². The number of rotatable bonds is 7. The van der Waals surface area contributed by atoms with Gasteiger partial charge in [-0.3, -0.25) is 9.59 Å². The molecule has 162 valence electrons. The minimum atomic E-state index is -0.258. The van der Waals surface area contributed by atoms with Gasteiger partial charge < -0.3 is 14.4 Å². The van der Waals surface area contributed by atoms with Gasteiger partial charge in [-0.25, -0.2) is 0 Å². The molecule has 1 fully saturated rings. The molecule has 1 saturated heterocycles. The molecule has 0 atom stereocenters. The molecule has 4 rings (SSSR count). The third kappa shape index (κ3) is 5.05. The van der Waals surface area contributed by atoms with Crippen LogP contribution in [-0.2, 0) is 4.79 Å². The number of ether oxygens (including phenoxy) is 2. The number of fused-ring (bicyclic) bond motifs is 2. The highest BCUT2D eigenvalue weighted by molar-refractivity contribution is 5.97. The lowest BCUT2D eigenvalue weighted by atomic mass is 10.1. The Kier molecular flexibility index (Phi) is 6.82. The van der Waals surface area contributed by atoms with Crippen molar-refractivity contribution in [1.82, 2.24) is 4.90 Å². The van der Waals surface area contributed by atoms with Crippen LogP contribution in [0, 0.1) is 0 Å². The summed E-state index contributed by atoms with van der Waals surface area (Å²) in [6, 6.07) is 14.7. The van der Waals surface area contributed by atoms with Gasteiger partial charge in [0.1, 0.15) is 11.5 Å². The summed E-state index contributed by atoms with van der Waals surface area (Å²) in [5.74, 6) is 0.600. The fourth-order valence-corrected chi connectivity index (χ4v) is 4.29. The molecule has 0 N–H and O–H groups in total. The maximum absolute atomic E-state index is 13.2. The standard InChI is InChI=1S/C26H29NO4/c1-2-30-23-18-21(31-24(28)11-8-16-27-14-6-3-7-15-27)17-20-13-12-19-9-4-5-10-22(19)26(29)25(20)23/h4-5,9-10,12-13,17-18H,2-3,6-8,11,14-16H2,1H3. The Morgan fingerprint density at radius 2 is 1.77 bits per heavy atom. The predicted molar refractivity (Wildman–Crippen MR) is 124 cm³/mol. The Bertz CT molecular complexity index is 1140. The third-order valence-corrected chi connectivity index (χ3v) is 5.82. The zero-order valence-electron chi connectivity index (χ0n) is 18.1. The summed E-state index contributed by atoms with van der Waals surface area (Å²) in [5, 5.41) is 2.71. The van der Waals surface area contributed by atoms with Gasteiger partial charge in [-0.1, -0.05) is 42.8 Å². The molecule has 0 amide bonds. The highest BCUT2D eigenvalue weighted by atomic mass is 16.5. The van der Waals surface area contributed by atoms with E-state index < -0.39 is 0 Å². The van der Waals surface area contributed by atoms with Crippen LogP contribution in [0.4, 0.5) is 0 Å². The van der Waals surface area contributed by atoms with Crippen LogP contribution in [0.5, 0.6) is 11.5 Å². The third-order valence-electron chi connectivity index (χ3n) is 5.82. The number of carbonyl (C=O) groups is 1. The van der Waals surface area contributed by atoms with E-state index in [2.05, 4.69) is 4.90 Å². The number of likely N-dealkylation sites (tertiary alicyclic amines) is 1. The SMILES string of the molecule is CCOc1cc(OC(=O)CCCN2CCCCC2)cc2ccc3ccccc3c(=O)c12. The average Bonchev–Trinajstić information content (AvgIpc) is 2.92. The summed E-state index contributed by atoms with van der Waals surface area (Å²) in [6.07, 6.45) is 4.96.